The van der Waals surface area contributed by atoms with E-state index in [1.807, 2.05) is 0 Å². The standard InChI is InChI=1S/C11H16N4O.2ClH/c12-10(16)9-3-1-5-14-11(9)15-7-2-4-13-6-8-15;;/h1,3,5,13H,2,4,6-8H2,(H2,12,16);2*1H. The fourth-order valence-corrected chi connectivity index (χ4v) is 1.90. The molecule has 0 unspecified atom stereocenters. The summed E-state index contributed by atoms with van der Waals surface area (Å²) in [5.41, 5.74) is 5.84. The lowest BCUT2D eigenvalue weighted by atomic mass is 10.2. The number of rotatable bonds is 2. The van der Waals surface area contributed by atoms with Gasteiger partial charge in [0.1, 0.15) is 5.82 Å². The first-order chi connectivity index (χ1) is 7.79. The molecule has 102 valence electrons. The van der Waals surface area contributed by atoms with E-state index in [0.717, 1.165) is 32.6 Å². The van der Waals surface area contributed by atoms with Gasteiger partial charge in [0.25, 0.3) is 5.91 Å². The average molecular weight is 293 g/mol. The molecule has 0 aliphatic carbocycles. The topological polar surface area (TPSA) is 71.2 Å². The molecule has 1 aliphatic heterocycles. The molecule has 0 aromatic carbocycles. The minimum atomic E-state index is -0.416. The highest BCUT2D eigenvalue weighted by molar-refractivity contribution is 5.97. The number of carbonyl (C=O) groups excluding carboxylic acids is 1. The molecule has 18 heavy (non-hydrogen) atoms. The SMILES string of the molecule is Cl.Cl.NC(=O)c1cccnc1N1CCCNCC1. The van der Waals surface area contributed by atoms with Crippen molar-refractivity contribution in [3.63, 3.8) is 0 Å². The molecule has 0 atom stereocenters. The molecule has 3 N–H and O–H groups in total. The molecular weight excluding hydrogens is 275 g/mol. The summed E-state index contributed by atoms with van der Waals surface area (Å²) < 4.78 is 0. The van der Waals surface area contributed by atoms with E-state index in [4.69, 9.17) is 5.73 Å². The minimum absolute atomic E-state index is 0. The normalized spacial score (nSPS) is 15.0. The summed E-state index contributed by atoms with van der Waals surface area (Å²) in [4.78, 5) is 17.7. The van der Waals surface area contributed by atoms with Crippen molar-refractivity contribution in [2.24, 2.45) is 5.73 Å². The van der Waals surface area contributed by atoms with Crippen molar-refractivity contribution in [3.05, 3.63) is 23.9 Å². The van der Waals surface area contributed by atoms with E-state index in [-0.39, 0.29) is 24.8 Å². The molecule has 0 spiro atoms. The van der Waals surface area contributed by atoms with Gasteiger partial charge in [-0.3, -0.25) is 4.79 Å². The van der Waals surface area contributed by atoms with Gasteiger partial charge in [0, 0.05) is 25.8 Å². The number of nitrogens with one attached hydrogen (secondary N) is 1. The Morgan fingerprint density at radius 3 is 2.83 bits per heavy atom. The van der Waals surface area contributed by atoms with Crippen LogP contribution in [-0.4, -0.2) is 37.1 Å². The predicted octanol–water partition coefficient (Wildman–Crippen LogP) is 0.824. The molecule has 1 aromatic heterocycles. The van der Waals surface area contributed by atoms with Gasteiger partial charge in [-0.2, -0.15) is 0 Å². The number of carbonyl (C=O) groups is 1. The summed E-state index contributed by atoms with van der Waals surface area (Å²) in [6, 6.07) is 3.46. The highest BCUT2D eigenvalue weighted by atomic mass is 35.5. The number of pyridine rings is 1. The van der Waals surface area contributed by atoms with Gasteiger partial charge >= 0.3 is 0 Å². The van der Waals surface area contributed by atoms with Gasteiger partial charge in [0.15, 0.2) is 0 Å². The zero-order valence-corrected chi connectivity index (χ0v) is 11.6. The van der Waals surface area contributed by atoms with Gasteiger partial charge < -0.3 is 16.0 Å². The quantitative estimate of drug-likeness (QED) is 0.847. The molecule has 0 radical (unpaired) electrons. The summed E-state index contributed by atoms with van der Waals surface area (Å²) in [5, 5.41) is 3.31. The number of primary amides is 1. The first-order valence-electron chi connectivity index (χ1n) is 5.49. The number of nitrogens with zero attached hydrogens (tertiary/aromatic N) is 2. The zero-order valence-electron chi connectivity index (χ0n) is 9.96. The van der Waals surface area contributed by atoms with Crippen molar-refractivity contribution >= 4 is 36.5 Å². The molecule has 2 rings (SSSR count). The van der Waals surface area contributed by atoms with Crippen LogP contribution in [0.5, 0.6) is 0 Å². The van der Waals surface area contributed by atoms with E-state index in [1.165, 1.54) is 0 Å². The van der Waals surface area contributed by atoms with Crippen LogP contribution >= 0.6 is 24.8 Å². The maximum absolute atomic E-state index is 11.3. The number of hydrogen-bond donors (Lipinski definition) is 2. The average Bonchev–Trinajstić information content (AvgIpc) is 2.57. The van der Waals surface area contributed by atoms with Gasteiger partial charge in [0.05, 0.1) is 5.56 Å². The molecule has 1 amide bonds. The van der Waals surface area contributed by atoms with Crippen LogP contribution in [0.1, 0.15) is 16.8 Å². The molecule has 1 saturated heterocycles. The van der Waals surface area contributed by atoms with Gasteiger partial charge in [-0.05, 0) is 25.1 Å². The van der Waals surface area contributed by atoms with E-state index in [1.54, 1.807) is 18.3 Å². The van der Waals surface area contributed by atoms with Crippen LogP contribution < -0.4 is 16.0 Å². The Hall–Kier alpha value is -1.04. The van der Waals surface area contributed by atoms with Crippen molar-refractivity contribution in [1.82, 2.24) is 10.3 Å². The Balaban J connectivity index is 0.00000144. The largest absolute Gasteiger partial charge is 0.365 e. The Morgan fingerprint density at radius 2 is 2.11 bits per heavy atom. The number of amides is 1. The van der Waals surface area contributed by atoms with Crippen LogP contribution in [0.3, 0.4) is 0 Å². The highest BCUT2D eigenvalue weighted by Gasteiger charge is 2.16. The summed E-state index contributed by atoms with van der Waals surface area (Å²) >= 11 is 0. The maximum atomic E-state index is 11.3. The number of hydrogen-bond acceptors (Lipinski definition) is 4. The third kappa shape index (κ3) is 4.01. The lowest BCUT2D eigenvalue weighted by Crippen LogP contribution is -2.31. The van der Waals surface area contributed by atoms with Crippen LogP contribution in [0.2, 0.25) is 0 Å². The Morgan fingerprint density at radius 1 is 1.33 bits per heavy atom. The minimum Gasteiger partial charge on any atom is -0.365 e. The second-order valence-electron chi connectivity index (χ2n) is 3.83. The number of anilines is 1. The summed E-state index contributed by atoms with van der Waals surface area (Å²) in [6.45, 7) is 3.69. The highest BCUT2D eigenvalue weighted by Crippen LogP contribution is 2.17. The Kier molecular flexibility index (Phi) is 7.66. The third-order valence-corrected chi connectivity index (χ3v) is 2.69. The molecule has 2 heterocycles. The van der Waals surface area contributed by atoms with Crippen LogP contribution in [0.4, 0.5) is 5.82 Å². The molecule has 1 aliphatic rings. The van der Waals surface area contributed by atoms with Crippen LogP contribution in [0.15, 0.2) is 18.3 Å². The Labute approximate surface area is 119 Å². The van der Waals surface area contributed by atoms with Crippen molar-refractivity contribution in [3.8, 4) is 0 Å². The molecule has 0 bridgehead atoms. The second-order valence-corrected chi connectivity index (χ2v) is 3.83. The van der Waals surface area contributed by atoms with E-state index in [0.29, 0.717) is 11.4 Å². The van der Waals surface area contributed by atoms with E-state index in [9.17, 15) is 4.79 Å². The van der Waals surface area contributed by atoms with Crippen molar-refractivity contribution in [1.29, 1.82) is 0 Å². The fourth-order valence-electron chi connectivity index (χ4n) is 1.90. The fraction of sp³-hybridized carbons (Fsp3) is 0.455. The zero-order chi connectivity index (χ0) is 11.4. The smallest absolute Gasteiger partial charge is 0.252 e. The van der Waals surface area contributed by atoms with Gasteiger partial charge in [-0.1, -0.05) is 0 Å². The van der Waals surface area contributed by atoms with E-state index in [2.05, 4.69) is 15.2 Å². The van der Waals surface area contributed by atoms with Crippen molar-refractivity contribution < 1.29 is 4.79 Å². The molecular formula is C11H18Cl2N4O. The van der Waals surface area contributed by atoms with Crippen molar-refractivity contribution in [2.75, 3.05) is 31.1 Å². The molecule has 7 heteroatoms. The molecule has 5 nitrogen and oxygen atoms in total. The first kappa shape index (κ1) is 17.0. The lowest BCUT2D eigenvalue weighted by Gasteiger charge is -2.22. The van der Waals surface area contributed by atoms with Crippen LogP contribution in [0.25, 0.3) is 0 Å². The van der Waals surface area contributed by atoms with Crippen LogP contribution in [0, 0.1) is 0 Å². The second kappa shape index (κ2) is 8.13. The van der Waals surface area contributed by atoms with Crippen molar-refractivity contribution in [2.45, 2.75) is 6.42 Å². The van der Waals surface area contributed by atoms with Gasteiger partial charge in [0.2, 0.25) is 0 Å². The van der Waals surface area contributed by atoms with Gasteiger partial charge in [-0.15, -0.1) is 24.8 Å². The predicted molar refractivity (Wildman–Crippen MR) is 77.0 cm³/mol. The van der Waals surface area contributed by atoms with E-state index < -0.39 is 5.91 Å². The summed E-state index contributed by atoms with van der Waals surface area (Å²) in [6.07, 6.45) is 2.74. The molecule has 1 fully saturated rings. The number of nitrogens with two attached hydrogens (primary N) is 1. The van der Waals surface area contributed by atoms with Gasteiger partial charge in [-0.25, -0.2) is 4.98 Å². The van der Waals surface area contributed by atoms with E-state index >= 15 is 0 Å². The monoisotopic (exact) mass is 292 g/mol. The molecule has 1 aromatic rings. The lowest BCUT2D eigenvalue weighted by molar-refractivity contribution is 0.100. The summed E-state index contributed by atoms with van der Waals surface area (Å²) in [7, 11) is 0. The van der Waals surface area contributed by atoms with Crippen LogP contribution in [-0.2, 0) is 0 Å². The third-order valence-electron chi connectivity index (χ3n) is 2.69. The maximum Gasteiger partial charge on any atom is 0.252 e. The molecule has 0 saturated carbocycles. The number of halogens is 2. The summed E-state index contributed by atoms with van der Waals surface area (Å²) in [5.74, 6) is 0.291. The number of aromatic nitrogens is 1. The first-order valence-corrected chi connectivity index (χ1v) is 5.49. The Bertz CT molecular complexity index is 381.